The van der Waals surface area contributed by atoms with E-state index in [1.54, 1.807) is 0 Å². The van der Waals surface area contributed by atoms with Crippen molar-refractivity contribution in [1.29, 1.82) is 0 Å². The van der Waals surface area contributed by atoms with Crippen LogP contribution in [-0.2, 0) is 0 Å². The van der Waals surface area contributed by atoms with Crippen molar-refractivity contribution in [2.45, 2.75) is 58.4 Å². The molecule has 1 saturated carbocycles. The summed E-state index contributed by atoms with van der Waals surface area (Å²) in [7, 11) is 0. The third kappa shape index (κ3) is 3.25. The first-order valence-electron chi connectivity index (χ1n) is 6.07. The van der Waals surface area contributed by atoms with Crippen molar-refractivity contribution >= 4 is 0 Å². The second kappa shape index (κ2) is 5.72. The molecule has 1 atom stereocenters. The van der Waals surface area contributed by atoms with E-state index in [4.69, 9.17) is 0 Å². The Morgan fingerprint density at radius 2 is 1.93 bits per heavy atom. The Bertz CT molecular complexity index is 152. The van der Waals surface area contributed by atoms with E-state index in [0.29, 0.717) is 12.6 Å². The number of nitrogens with one attached hydrogen (secondary N) is 1. The summed E-state index contributed by atoms with van der Waals surface area (Å²) in [6.07, 6.45) is 7.51. The third-order valence-corrected chi connectivity index (χ3v) is 3.69. The summed E-state index contributed by atoms with van der Waals surface area (Å²) in [5.41, 5.74) is 0.196. The minimum absolute atomic E-state index is 0.196. The van der Waals surface area contributed by atoms with Crippen LogP contribution >= 0.6 is 0 Å². The Morgan fingerprint density at radius 1 is 1.29 bits per heavy atom. The van der Waals surface area contributed by atoms with Gasteiger partial charge < -0.3 is 10.4 Å². The number of hydrogen-bond donors (Lipinski definition) is 2. The molecule has 1 fully saturated rings. The highest BCUT2D eigenvalue weighted by Crippen LogP contribution is 2.35. The van der Waals surface area contributed by atoms with Gasteiger partial charge in [-0.2, -0.15) is 0 Å². The minimum Gasteiger partial charge on any atom is -0.396 e. The molecule has 0 aliphatic heterocycles. The van der Waals surface area contributed by atoms with Crippen LogP contribution in [0.5, 0.6) is 0 Å². The highest BCUT2D eigenvalue weighted by Gasteiger charge is 2.31. The number of hydrogen-bond acceptors (Lipinski definition) is 2. The molecule has 1 rings (SSSR count). The molecule has 0 aromatic heterocycles. The maximum Gasteiger partial charge on any atom is 0.0499 e. The van der Waals surface area contributed by atoms with Crippen molar-refractivity contribution in [3.63, 3.8) is 0 Å². The Balaban J connectivity index is 2.36. The summed E-state index contributed by atoms with van der Waals surface area (Å²) in [5, 5.41) is 13.0. The van der Waals surface area contributed by atoms with Gasteiger partial charge in [0.15, 0.2) is 0 Å². The lowest BCUT2D eigenvalue weighted by atomic mass is 9.74. The molecule has 0 heterocycles. The normalized spacial score (nSPS) is 23.4. The Hall–Kier alpha value is -0.0800. The van der Waals surface area contributed by atoms with Gasteiger partial charge in [-0.1, -0.05) is 26.2 Å². The number of aliphatic hydroxyl groups excluding tert-OH is 1. The summed E-state index contributed by atoms with van der Waals surface area (Å²) >= 11 is 0. The number of aliphatic hydroxyl groups is 1. The summed E-state index contributed by atoms with van der Waals surface area (Å²) in [5.74, 6) is 0. The molecule has 0 saturated heterocycles. The first-order valence-corrected chi connectivity index (χ1v) is 6.07. The molecule has 0 bridgehead atoms. The standard InChI is InChI=1S/C12H25NO/c1-3-11(2)13-9-12(10-14)7-5-4-6-8-12/h11,13-14H,3-10H2,1-2H3. The van der Waals surface area contributed by atoms with E-state index in [1.165, 1.54) is 38.5 Å². The van der Waals surface area contributed by atoms with E-state index in [2.05, 4.69) is 19.2 Å². The summed E-state index contributed by atoms with van der Waals surface area (Å²) in [6, 6.07) is 0.584. The largest absolute Gasteiger partial charge is 0.396 e. The highest BCUT2D eigenvalue weighted by molar-refractivity contribution is 4.84. The average molecular weight is 199 g/mol. The van der Waals surface area contributed by atoms with Crippen molar-refractivity contribution in [3.05, 3.63) is 0 Å². The average Bonchev–Trinajstić information content (AvgIpc) is 2.27. The van der Waals surface area contributed by atoms with Gasteiger partial charge in [0.05, 0.1) is 0 Å². The Labute approximate surface area is 88.1 Å². The molecule has 0 radical (unpaired) electrons. The monoisotopic (exact) mass is 199 g/mol. The topological polar surface area (TPSA) is 32.3 Å². The zero-order valence-corrected chi connectivity index (χ0v) is 9.68. The van der Waals surface area contributed by atoms with Crippen LogP contribution < -0.4 is 5.32 Å². The quantitative estimate of drug-likeness (QED) is 0.712. The van der Waals surface area contributed by atoms with Crippen LogP contribution in [0.25, 0.3) is 0 Å². The maximum absolute atomic E-state index is 9.49. The molecule has 2 heteroatoms. The fourth-order valence-electron chi connectivity index (χ4n) is 2.23. The van der Waals surface area contributed by atoms with Crippen molar-refractivity contribution < 1.29 is 5.11 Å². The van der Waals surface area contributed by atoms with Gasteiger partial charge >= 0.3 is 0 Å². The Morgan fingerprint density at radius 3 is 2.43 bits per heavy atom. The SMILES string of the molecule is CCC(C)NCC1(CO)CCCCC1. The second-order valence-corrected chi connectivity index (χ2v) is 4.91. The summed E-state index contributed by atoms with van der Waals surface area (Å²) in [4.78, 5) is 0. The van der Waals surface area contributed by atoms with Crippen LogP contribution in [0, 0.1) is 5.41 Å². The predicted molar refractivity (Wildman–Crippen MR) is 60.4 cm³/mol. The summed E-state index contributed by atoms with van der Waals surface area (Å²) < 4.78 is 0. The lowest BCUT2D eigenvalue weighted by Gasteiger charge is -2.36. The molecular formula is C12H25NO. The maximum atomic E-state index is 9.49. The van der Waals surface area contributed by atoms with E-state index in [-0.39, 0.29) is 5.41 Å². The van der Waals surface area contributed by atoms with E-state index < -0.39 is 0 Å². The summed E-state index contributed by atoms with van der Waals surface area (Å²) in [6.45, 7) is 5.77. The predicted octanol–water partition coefficient (Wildman–Crippen LogP) is 2.32. The first-order chi connectivity index (χ1) is 6.72. The van der Waals surface area contributed by atoms with Gasteiger partial charge in [0.25, 0.3) is 0 Å². The molecule has 1 unspecified atom stereocenters. The fourth-order valence-corrected chi connectivity index (χ4v) is 2.23. The van der Waals surface area contributed by atoms with E-state index in [1.807, 2.05) is 0 Å². The van der Waals surface area contributed by atoms with Gasteiger partial charge in [-0.3, -0.25) is 0 Å². The molecule has 1 aliphatic rings. The van der Waals surface area contributed by atoms with E-state index in [9.17, 15) is 5.11 Å². The molecule has 0 aromatic carbocycles. The van der Waals surface area contributed by atoms with Crippen molar-refractivity contribution in [3.8, 4) is 0 Å². The van der Waals surface area contributed by atoms with Gasteiger partial charge in [0.1, 0.15) is 0 Å². The molecule has 84 valence electrons. The highest BCUT2D eigenvalue weighted by atomic mass is 16.3. The Kier molecular flexibility index (Phi) is 4.90. The third-order valence-electron chi connectivity index (χ3n) is 3.69. The van der Waals surface area contributed by atoms with E-state index in [0.717, 1.165) is 6.54 Å². The van der Waals surface area contributed by atoms with Crippen LogP contribution in [0.1, 0.15) is 52.4 Å². The molecule has 14 heavy (non-hydrogen) atoms. The van der Waals surface area contributed by atoms with Crippen molar-refractivity contribution in [2.24, 2.45) is 5.41 Å². The second-order valence-electron chi connectivity index (χ2n) is 4.91. The van der Waals surface area contributed by atoms with E-state index >= 15 is 0 Å². The first kappa shape index (κ1) is 12.0. The van der Waals surface area contributed by atoms with Crippen molar-refractivity contribution in [1.82, 2.24) is 5.32 Å². The fraction of sp³-hybridized carbons (Fsp3) is 1.00. The minimum atomic E-state index is 0.196. The molecule has 2 nitrogen and oxygen atoms in total. The van der Waals surface area contributed by atoms with Crippen LogP contribution in [0.3, 0.4) is 0 Å². The molecule has 0 spiro atoms. The van der Waals surface area contributed by atoms with Crippen LogP contribution in [0.4, 0.5) is 0 Å². The number of rotatable bonds is 5. The van der Waals surface area contributed by atoms with Crippen molar-refractivity contribution in [2.75, 3.05) is 13.2 Å². The molecule has 2 N–H and O–H groups in total. The zero-order chi connectivity index (χ0) is 10.4. The molecular weight excluding hydrogens is 174 g/mol. The molecule has 0 amide bonds. The molecule has 0 aromatic rings. The van der Waals surface area contributed by atoms with Crippen LogP contribution in [0.15, 0.2) is 0 Å². The lowest BCUT2D eigenvalue weighted by molar-refractivity contribution is 0.0787. The van der Waals surface area contributed by atoms with Gasteiger partial charge in [-0.15, -0.1) is 0 Å². The lowest BCUT2D eigenvalue weighted by Crippen LogP contribution is -2.42. The van der Waals surface area contributed by atoms with Gasteiger partial charge in [0.2, 0.25) is 0 Å². The van der Waals surface area contributed by atoms with Crippen LogP contribution in [-0.4, -0.2) is 24.3 Å². The zero-order valence-electron chi connectivity index (χ0n) is 9.68. The molecule has 1 aliphatic carbocycles. The van der Waals surface area contributed by atoms with Gasteiger partial charge in [-0.05, 0) is 26.2 Å². The van der Waals surface area contributed by atoms with Gasteiger partial charge in [-0.25, -0.2) is 0 Å². The van der Waals surface area contributed by atoms with Gasteiger partial charge in [0, 0.05) is 24.6 Å². The van der Waals surface area contributed by atoms with Crippen LogP contribution in [0.2, 0.25) is 0 Å². The smallest absolute Gasteiger partial charge is 0.0499 e.